The largest absolute Gasteiger partial charge is 0.143 e. The number of rotatable bonds is 11. The highest BCUT2D eigenvalue weighted by molar-refractivity contribution is 7.43. The fraction of sp³-hybridized carbons (Fsp3) is 0.750. The third-order valence-corrected chi connectivity index (χ3v) is 4.88. The van der Waals surface area contributed by atoms with Gasteiger partial charge >= 0.3 is 0 Å². The van der Waals surface area contributed by atoms with E-state index in [0.29, 0.717) is 0 Å². The van der Waals surface area contributed by atoms with Crippen LogP contribution in [0.15, 0.2) is 11.4 Å². The molecule has 0 aliphatic rings. The SMILES string of the molecule is CCCCCCCCCCCCc1ccsc1[P]. The van der Waals surface area contributed by atoms with Crippen LogP contribution in [0.4, 0.5) is 0 Å². The number of hydrogen-bond donors (Lipinski definition) is 0. The van der Waals surface area contributed by atoms with Crippen LogP contribution in [0.1, 0.15) is 76.7 Å². The number of unbranched alkanes of at least 4 members (excludes halogenated alkanes) is 9. The van der Waals surface area contributed by atoms with Crippen LogP contribution in [-0.4, -0.2) is 0 Å². The van der Waals surface area contributed by atoms with E-state index in [2.05, 4.69) is 27.6 Å². The van der Waals surface area contributed by atoms with Crippen molar-refractivity contribution in [1.82, 2.24) is 0 Å². The van der Waals surface area contributed by atoms with Crippen molar-refractivity contribution in [3.63, 3.8) is 0 Å². The van der Waals surface area contributed by atoms with E-state index in [1.165, 1.54) is 80.8 Å². The van der Waals surface area contributed by atoms with Crippen molar-refractivity contribution in [3.05, 3.63) is 17.0 Å². The van der Waals surface area contributed by atoms with Crippen molar-refractivity contribution in [2.75, 3.05) is 0 Å². The quantitative estimate of drug-likeness (QED) is 0.332. The Morgan fingerprint density at radius 3 is 1.94 bits per heavy atom. The van der Waals surface area contributed by atoms with Crippen LogP contribution in [-0.2, 0) is 6.42 Å². The second kappa shape index (κ2) is 11.0. The van der Waals surface area contributed by atoms with Crippen molar-refractivity contribution >= 4 is 25.2 Å². The van der Waals surface area contributed by atoms with Crippen LogP contribution in [0.25, 0.3) is 0 Å². The van der Waals surface area contributed by atoms with Gasteiger partial charge in [0, 0.05) is 13.9 Å². The summed E-state index contributed by atoms with van der Waals surface area (Å²) in [6.45, 7) is 2.28. The van der Waals surface area contributed by atoms with Crippen molar-refractivity contribution in [1.29, 1.82) is 0 Å². The zero-order chi connectivity index (χ0) is 13.1. The van der Waals surface area contributed by atoms with Crippen LogP contribution >= 0.6 is 20.6 Å². The average molecular weight is 282 g/mol. The molecule has 18 heavy (non-hydrogen) atoms. The highest BCUT2D eigenvalue weighted by Crippen LogP contribution is 2.14. The molecule has 1 rings (SSSR count). The van der Waals surface area contributed by atoms with E-state index in [1.807, 2.05) is 0 Å². The first-order chi connectivity index (χ1) is 8.84. The third-order valence-electron chi connectivity index (χ3n) is 3.52. The van der Waals surface area contributed by atoms with Crippen LogP contribution < -0.4 is 4.62 Å². The van der Waals surface area contributed by atoms with Crippen molar-refractivity contribution in [2.24, 2.45) is 0 Å². The highest BCUT2D eigenvalue weighted by atomic mass is 32.1. The zero-order valence-corrected chi connectivity index (χ0v) is 13.5. The molecule has 0 saturated heterocycles. The van der Waals surface area contributed by atoms with Gasteiger partial charge in [0.25, 0.3) is 0 Å². The van der Waals surface area contributed by atoms with Crippen molar-refractivity contribution in [3.8, 4) is 0 Å². The molecule has 0 nitrogen and oxygen atoms in total. The Labute approximate surface area is 120 Å². The second-order valence-electron chi connectivity index (χ2n) is 5.18. The van der Waals surface area contributed by atoms with Crippen LogP contribution in [0.2, 0.25) is 0 Å². The summed E-state index contributed by atoms with van der Waals surface area (Å²) in [5.41, 5.74) is 1.45. The van der Waals surface area contributed by atoms with Crippen LogP contribution in [0, 0.1) is 0 Å². The Kier molecular flexibility index (Phi) is 9.89. The normalized spacial score (nSPS) is 11.0. The summed E-state index contributed by atoms with van der Waals surface area (Å²) in [5, 5.41) is 2.15. The lowest BCUT2D eigenvalue weighted by atomic mass is 10.0. The van der Waals surface area contributed by atoms with Gasteiger partial charge in [-0.1, -0.05) is 64.7 Å². The van der Waals surface area contributed by atoms with Gasteiger partial charge in [-0.3, -0.25) is 0 Å². The van der Waals surface area contributed by atoms with E-state index in [4.69, 9.17) is 0 Å². The molecule has 0 aliphatic heterocycles. The molecule has 2 radical (unpaired) electrons. The number of aryl methyl sites for hydroxylation is 1. The van der Waals surface area contributed by atoms with E-state index in [-0.39, 0.29) is 0 Å². The highest BCUT2D eigenvalue weighted by Gasteiger charge is 1.99. The van der Waals surface area contributed by atoms with Gasteiger partial charge in [-0.25, -0.2) is 0 Å². The summed E-state index contributed by atoms with van der Waals surface area (Å²) in [7, 11) is 4.47. The van der Waals surface area contributed by atoms with Gasteiger partial charge < -0.3 is 0 Å². The molecule has 0 aromatic carbocycles. The number of hydrogen-bond acceptors (Lipinski definition) is 1. The first-order valence-electron chi connectivity index (χ1n) is 7.60. The van der Waals surface area contributed by atoms with Gasteiger partial charge in [0.05, 0.1) is 0 Å². The van der Waals surface area contributed by atoms with Gasteiger partial charge in [-0.15, -0.1) is 11.3 Å². The Bertz CT molecular complexity index is 293. The standard InChI is InChI=1S/C16H27PS/c1-2-3-4-5-6-7-8-9-10-11-12-15-13-14-18-16(15)17/h13-14H,2-12H2,1H3. The topological polar surface area (TPSA) is 0 Å². The molecule has 0 atom stereocenters. The molecule has 0 bridgehead atoms. The Morgan fingerprint density at radius 1 is 0.889 bits per heavy atom. The smallest absolute Gasteiger partial charge is 0.0411 e. The van der Waals surface area contributed by atoms with Crippen LogP contribution in [0.5, 0.6) is 0 Å². The lowest BCUT2D eigenvalue weighted by Gasteiger charge is -2.02. The first-order valence-corrected chi connectivity index (χ1v) is 8.92. The Balaban J connectivity index is 1.83. The zero-order valence-electron chi connectivity index (χ0n) is 11.8. The minimum atomic E-state index is 1.21. The van der Waals surface area contributed by atoms with E-state index in [9.17, 15) is 0 Å². The van der Waals surface area contributed by atoms with Gasteiger partial charge in [0.2, 0.25) is 0 Å². The molecule has 1 aromatic heterocycles. The maximum atomic E-state index is 4.47. The third kappa shape index (κ3) is 7.54. The first kappa shape index (κ1) is 16.2. The summed E-state index contributed by atoms with van der Waals surface area (Å²) < 4.78 is 1.21. The van der Waals surface area contributed by atoms with Gasteiger partial charge in [-0.2, -0.15) is 0 Å². The minimum Gasteiger partial charge on any atom is -0.143 e. The molecule has 0 N–H and O–H groups in total. The van der Waals surface area contributed by atoms with Gasteiger partial charge in [-0.05, 0) is 29.9 Å². The summed E-state index contributed by atoms with van der Waals surface area (Å²) in [4.78, 5) is 0. The minimum absolute atomic E-state index is 1.21. The monoisotopic (exact) mass is 282 g/mol. The summed E-state index contributed by atoms with van der Waals surface area (Å²) in [6, 6.07) is 2.22. The van der Waals surface area contributed by atoms with Crippen LogP contribution in [0.3, 0.4) is 0 Å². The van der Waals surface area contributed by atoms with E-state index < -0.39 is 0 Å². The van der Waals surface area contributed by atoms with E-state index in [0.717, 1.165) is 0 Å². The molecule has 0 amide bonds. The second-order valence-corrected chi connectivity index (χ2v) is 6.85. The molecule has 0 unspecified atom stereocenters. The van der Waals surface area contributed by atoms with Crippen molar-refractivity contribution in [2.45, 2.75) is 77.6 Å². The average Bonchev–Trinajstić information content (AvgIpc) is 2.77. The molecule has 1 heterocycles. The maximum absolute atomic E-state index is 4.47. The van der Waals surface area contributed by atoms with Gasteiger partial charge in [0.1, 0.15) is 0 Å². The Morgan fingerprint density at radius 2 is 1.44 bits per heavy atom. The molecule has 0 spiro atoms. The molecule has 0 fully saturated rings. The number of thiophene rings is 1. The maximum Gasteiger partial charge on any atom is 0.0411 e. The summed E-state index contributed by atoms with van der Waals surface area (Å²) in [6.07, 6.45) is 15.4. The predicted octanol–water partition coefficient (Wildman–Crippen LogP) is 6.25. The van der Waals surface area contributed by atoms with Gasteiger partial charge in [0.15, 0.2) is 0 Å². The fourth-order valence-corrected chi connectivity index (χ4v) is 3.37. The molecular weight excluding hydrogens is 255 g/mol. The molecule has 2 heteroatoms. The van der Waals surface area contributed by atoms with E-state index >= 15 is 0 Å². The molecule has 0 aliphatic carbocycles. The van der Waals surface area contributed by atoms with E-state index in [1.54, 1.807) is 11.3 Å². The summed E-state index contributed by atoms with van der Waals surface area (Å²) in [5.74, 6) is 0. The molecule has 0 saturated carbocycles. The summed E-state index contributed by atoms with van der Waals surface area (Å²) >= 11 is 1.75. The predicted molar refractivity (Wildman–Crippen MR) is 86.4 cm³/mol. The Hall–Kier alpha value is 0.130. The fourth-order valence-electron chi connectivity index (χ4n) is 2.32. The lowest BCUT2D eigenvalue weighted by Crippen LogP contribution is -1.93. The van der Waals surface area contributed by atoms with Crippen molar-refractivity contribution < 1.29 is 0 Å². The lowest BCUT2D eigenvalue weighted by molar-refractivity contribution is 0.556. The molecule has 102 valence electrons. The molecule has 1 aromatic rings. The molecular formula is C16H27PS.